The number of carbonyl (C=O) groups excluding carboxylic acids is 1. The molecule has 6 heteroatoms. The fraction of sp³-hybridized carbons (Fsp3) is 0.556. The second-order valence-electron chi connectivity index (χ2n) is 9.22. The molecule has 0 N–H and O–H groups in total. The number of likely N-dealkylation sites (tertiary alicyclic amines) is 1. The minimum absolute atomic E-state index is 0.0462. The van der Waals surface area contributed by atoms with Crippen molar-refractivity contribution in [3.05, 3.63) is 53.6 Å². The predicted octanol–water partition coefficient (Wildman–Crippen LogP) is 5.21. The highest BCUT2D eigenvalue weighted by Crippen LogP contribution is 2.49. The van der Waals surface area contributed by atoms with Crippen LogP contribution in [-0.4, -0.2) is 50.3 Å². The van der Waals surface area contributed by atoms with Crippen molar-refractivity contribution in [1.82, 2.24) is 4.90 Å². The summed E-state index contributed by atoms with van der Waals surface area (Å²) in [5, 5.41) is 0. The zero-order valence-electron chi connectivity index (χ0n) is 20.2. The number of Topliss-reactive ketones (excluding diaryl/α,β-unsaturated/α-hetero) is 1. The summed E-state index contributed by atoms with van der Waals surface area (Å²) < 4.78 is 25.0. The van der Waals surface area contributed by atoms with Crippen LogP contribution in [0.15, 0.2) is 47.2 Å². The van der Waals surface area contributed by atoms with E-state index in [2.05, 4.69) is 16.5 Å². The molecular formula is C27H37FN2O3. The third-order valence-electron chi connectivity index (χ3n) is 6.77. The van der Waals surface area contributed by atoms with Crippen LogP contribution in [0.5, 0.6) is 5.75 Å². The molecule has 1 aliphatic heterocycles. The summed E-state index contributed by atoms with van der Waals surface area (Å²) in [7, 11) is 1.68. The van der Waals surface area contributed by atoms with Crippen molar-refractivity contribution in [3.63, 3.8) is 0 Å². The van der Waals surface area contributed by atoms with E-state index in [-0.39, 0.29) is 18.0 Å². The van der Waals surface area contributed by atoms with Gasteiger partial charge in [0.1, 0.15) is 23.2 Å². The van der Waals surface area contributed by atoms with E-state index in [4.69, 9.17) is 9.47 Å². The van der Waals surface area contributed by atoms with E-state index in [0.717, 1.165) is 42.7 Å². The SMILES string of the molecule is C=C(N=C/C(=C\C)COC)N1CCC([C@H]2C[C@H]2CCOc2ccc(CC(C)=O)c(F)c2)CC1. The first-order chi connectivity index (χ1) is 15.9. The molecule has 0 aromatic heterocycles. The Labute approximate surface area is 197 Å². The highest BCUT2D eigenvalue weighted by atomic mass is 19.1. The molecule has 33 heavy (non-hydrogen) atoms. The van der Waals surface area contributed by atoms with Gasteiger partial charge in [-0.3, -0.25) is 4.79 Å². The molecule has 0 bridgehead atoms. The number of hydrogen-bond acceptors (Lipinski definition) is 5. The lowest BCUT2D eigenvalue weighted by Crippen LogP contribution is -2.33. The molecule has 0 radical (unpaired) electrons. The molecule has 1 aliphatic carbocycles. The Morgan fingerprint density at radius 1 is 1.33 bits per heavy atom. The van der Waals surface area contributed by atoms with Crippen LogP contribution in [0.1, 0.15) is 45.1 Å². The van der Waals surface area contributed by atoms with E-state index in [0.29, 0.717) is 30.4 Å². The van der Waals surface area contributed by atoms with E-state index in [1.165, 1.54) is 32.3 Å². The molecule has 1 saturated carbocycles. The average molecular weight is 457 g/mol. The molecule has 0 unspecified atom stereocenters. The molecule has 1 saturated heterocycles. The van der Waals surface area contributed by atoms with Gasteiger partial charge in [0.25, 0.3) is 0 Å². The quantitative estimate of drug-likeness (QED) is 0.405. The van der Waals surface area contributed by atoms with E-state index in [1.807, 2.05) is 19.2 Å². The highest BCUT2D eigenvalue weighted by Gasteiger charge is 2.43. The van der Waals surface area contributed by atoms with Crippen molar-refractivity contribution in [2.75, 3.05) is 33.4 Å². The van der Waals surface area contributed by atoms with Crippen LogP contribution in [-0.2, 0) is 16.0 Å². The normalized spacial score (nSPS) is 21.5. The number of nitrogens with zero attached hydrogens (tertiary/aromatic N) is 2. The van der Waals surface area contributed by atoms with E-state index in [1.54, 1.807) is 19.2 Å². The lowest BCUT2D eigenvalue weighted by Gasteiger charge is -2.33. The minimum Gasteiger partial charge on any atom is -0.493 e. The van der Waals surface area contributed by atoms with Gasteiger partial charge in [-0.15, -0.1) is 0 Å². The number of carbonyl (C=O) groups is 1. The second-order valence-corrected chi connectivity index (χ2v) is 9.22. The molecule has 2 fully saturated rings. The first kappa shape index (κ1) is 25.2. The van der Waals surface area contributed by atoms with Gasteiger partial charge in [-0.05, 0) is 74.5 Å². The van der Waals surface area contributed by atoms with Crippen LogP contribution in [0.25, 0.3) is 0 Å². The van der Waals surface area contributed by atoms with Crippen molar-refractivity contribution in [1.29, 1.82) is 0 Å². The molecule has 1 aromatic carbocycles. The molecule has 5 nitrogen and oxygen atoms in total. The number of aliphatic imine (C=N–C) groups is 1. The van der Waals surface area contributed by atoms with Crippen molar-refractivity contribution >= 4 is 12.0 Å². The maximum absolute atomic E-state index is 14.1. The topological polar surface area (TPSA) is 51.1 Å². The standard InChI is InChI=1S/C27H37FN2O3/c1-5-21(18-32-4)17-29-20(3)30-11-8-22(9-12-30)26-15-23(26)10-13-33-25-7-6-24(14-19(2)31)27(28)16-25/h5-7,16-17,22-23,26H,3,8-15,18H2,1-2,4H3/b21-5+,29-17?/t23-,26-/m1/s1. The first-order valence-corrected chi connectivity index (χ1v) is 11.9. The molecule has 3 rings (SSSR count). The molecule has 0 spiro atoms. The van der Waals surface area contributed by atoms with Crippen LogP contribution in [0.2, 0.25) is 0 Å². The number of piperidine rings is 1. The average Bonchev–Trinajstić information content (AvgIpc) is 3.57. The Bertz CT molecular complexity index is 887. The van der Waals surface area contributed by atoms with Crippen molar-refractivity contribution in [3.8, 4) is 5.75 Å². The van der Waals surface area contributed by atoms with Crippen LogP contribution < -0.4 is 4.74 Å². The summed E-state index contributed by atoms with van der Waals surface area (Å²) in [5.41, 5.74) is 1.47. The summed E-state index contributed by atoms with van der Waals surface area (Å²) in [6.45, 7) is 10.8. The maximum Gasteiger partial charge on any atom is 0.134 e. The van der Waals surface area contributed by atoms with Gasteiger partial charge in [0.15, 0.2) is 0 Å². The van der Waals surface area contributed by atoms with Crippen LogP contribution >= 0.6 is 0 Å². The van der Waals surface area contributed by atoms with Crippen LogP contribution in [0.4, 0.5) is 4.39 Å². The molecule has 1 heterocycles. The summed E-state index contributed by atoms with van der Waals surface area (Å²) >= 11 is 0. The van der Waals surface area contributed by atoms with Gasteiger partial charge in [0.05, 0.1) is 13.2 Å². The van der Waals surface area contributed by atoms with Crippen molar-refractivity contribution in [2.45, 2.75) is 46.0 Å². The molecule has 2 aliphatic rings. The zero-order chi connectivity index (χ0) is 23.8. The van der Waals surface area contributed by atoms with Gasteiger partial charge in [0, 0.05) is 38.9 Å². The Kier molecular flexibility index (Phi) is 9.24. The summed E-state index contributed by atoms with van der Waals surface area (Å²) in [6, 6.07) is 4.79. The number of benzene rings is 1. The Hall–Kier alpha value is -2.47. The Morgan fingerprint density at radius 2 is 2.09 bits per heavy atom. The fourth-order valence-electron chi connectivity index (χ4n) is 4.72. The van der Waals surface area contributed by atoms with Gasteiger partial charge < -0.3 is 14.4 Å². The monoisotopic (exact) mass is 456 g/mol. The second kappa shape index (κ2) is 12.1. The molecule has 2 atom stereocenters. The smallest absolute Gasteiger partial charge is 0.134 e. The summed E-state index contributed by atoms with van der Waals surface area (Å²) in [6.07, 6.45) is 8.59. The van der Waals surface area contributed by atoms with Crippen molar-refractivity contribution in [2.24, 2.45) is 22.7 Å². The molecule has 180 valence electrons. The first-order valence-electron chi connectivity index (χ1n) is 11.9. The lowest BCUT2D eigenvalue weighted by molar-refractivity contribution is -0.116. The number of halogens is 1. The third-order valence-corrected chi connectivity index (χ3v) is 6.77. The predicted molar refractivity (Wildman–Crippen MR) is 130 cm³/mol. The lowest BCUT2D eigenvalue weighted by atomic mass is 9.90. The van der Waals surface area contributed by atoms with Gasteiger partial charge >= 0.3 is 0 Å². The summed E-state index contributed by atoms with van der Waals surface area (Å²) in [5.74, 6) is 3.18. The van der Waals surface area contributed by atoms with Gasteiger partial charge in [-0.2, -0.15) is 0 Å². The van der Waals surface area contributed by atoms with E-state index >= 15 is 0 Å². The number of methoxy groups -OCH3 is 1. The van der Waals surface area contributed by atoms with Gasteiger partial charge in [-0.1, -0.05) is 18.7 Å². The molecule has 1 aromatic rings. The van der Waals surface area contributed by atoms with E-state index < -0.39 is 0 Å². The van der Waals surface area contributed by atoms with Crippen LogP contribution in [0, 0.1) is 23.6 Å². The maximum atomic E-state index is 14.1. The molecule has 0 amide bonds. The highest BCUT2D eigenvalue weighted by molar-refractivity contribution is 5.79. The Balaban J connectivity index is 1.36. The number of ketones is 1. The minimum atomic E-state index is -0.370. The summed E-state index contributed by atoms with van der Waals surface area (Å²) in [4.78, 5) is 18.0. The van der Waals surface area contributed by atoms with Gasteiger partial charge in [-0.25, -0.2) is 9.38 Å². The number of ether oxygens (including phenoxy) is 2. The van der Waals surface area contributed by atoms with Crippen LogP contribution in [0.3, 0.4) is 0 Å². The largest absolute Gasteiger partial charge is 0.493 e. The molecular weight excluding hydrogens is 419 g/mol. The Morgan fingerprint density at radius 3 is 2.73 bits per heavy atom. The fourth-order valence-corrected chi connectivity index (χ4v) is 4.72. The number of allylic oxidation sites excluding steroid dienone is 1. The number of hydrogen-bond donors (Lipinski definition) is 0. The third kappa shape index (κ3) is 7.53. The number of rotatable bonds is 12. The van der Waals surface area contributed by atoms with Gasteiger partial charge in [0.2, 0.25) is 0 Å². The van der Waals surface area contributed by atoms with Crippen molar-refractivity contribution < 1.29 is 18.7 Å². The van der Waals surface area contributed by atoms with E-state index in [9.17, 15) is 9.18 Å². The zero-order valence-corrected chi connectivity index (χ0v) is 20.2.